The Morgan fingerprint density at radius 2 is 2.06 bits per heavy atom. The van der Waals surface area contributed by atoms with Crippen LogP contribution in [0.3, 0.4) is 0 Å². The number of hydrogen-bond acceptors (Lipinski definition) is 3. The fourth-order valence-corrected chi connectivity index (χ4v) is 3.12. The van der Waals surface area contributed by atoms with E-state index in [1.165, 1.54) is 0 Å². The molecule has 0 spiro atoms. The molecule has 0 unspecified atom stereocenters. The Hall–Kier alpha value is -1.40. The van der Waals surface area contributed by atoms with Gasteiger partial charge in [-0.05, 0) is 25.0 Å². The second-order valence-corrected chi connectivity index (χ2v) is 5.79. The van der Waals surface area contributed by atoms with Crippen molar-refractivity contribution >= 4 is 15.5 Å². The summed E-state index contributed by atoms with van der Waals surface area (Å²) < 4.78 is 28.3. The van der Waals surface area contributed by atoms with Gasteiger partial charge in [0.25, 0.3) is 10.0 Å². The van der Waals surface area contributed by atoms with Gasteiger partial charge in [0.2, 0.25) is 0 Å². The minimum absolute atomic E-state index is 0.101. The topological polar surface area (TPSA) is 63.5 Å². The number of aromatic nitrogens is 2. The lowest BCUT2D eigenvalue weighted by Gasteiger charge is -2.03. The lowest BCUT2D eigenvalue weighted by atomic mass is 10.2. The van der Waals surface area contributed by atoms with Gasteiger partial charge in [0.1, 0.15) is 5.82 Å². The fourth-order valence-electron chi connectivity index (χ4n) is 1.91. The molecule has 98 valence electrons. The molecule has 2 aromatic rings. The smallest absolute Gasteiger partial charge is 0.260 e. The maximum atomic E-state index is 12.0. The molecule has 0 saturated heterocycles. The van der Waals surface area contributed by atoms with E-state index < -0.39 is 10.0 Å². The van der Waals surface area contributed by atoms with Gasteiger partial charge in [0, 0.05) is 12.7 Å². The molecule has 0 bridgehead atoms. The zero-order valence-electron chi connectivity index (χ0n) is 10.8. The molecule has 0 saturated carbocycles. The van der Waals surface area contributed by atoms with Crippen LogP contribution in [0, 0.1) is 6.92 Å². The second kappa shape index (κ2) is 4.70. The Morgan fingerprint density at radius 1 is 1.33 bits per heavy atom. The Balaban J connectivity index is 2.68. The van der Waals surface area contributed by atoms with Gasteiger partial charge in [0.15, 0.2) is 5.03 Å². The van der Waals surface area contributed by atoms with Crippen molar-refractivity contribution in [1.82, 2.24) is 14.1 Å². The summed E-state index contributed by atoms with van der Waals surface area (Å²) in [6, 6.07) is 3.74. The first-order valence-corrected chi connectivity index (χ1v) is 7.45. The summed E-state index contributed by atoms with van der Waals surface area (Å²) in [5.41, 5.74) is 1.76. The largest absolute Gasteiger partial charge is 0.302 e. The lowest BCUT2D eigenvalue weighted by molar-refractivity contribution is 0.581. The molecule has 0 amide bonds. The van der Waals surface area contributed by atoms with Crippen LogP contribution in [-0.4, -0.2) is 24.3 Å². The standard InChI is InChI=1S/C12H17N3O2S/c1-4-10-6-7-11-12(18(16,17)13-5-2)14-9(3)15(11)8-10/h6-8,13H,4-5H2,1-3H3. The average molecular weight is 267 g/mol. The van der Waals surface area contributed by atoms with Gasteiger partial charge in [-0.3, -0.25) is 0 Å². The Labute approximate surface area is 107 Å². The third kappa shape index (κ3) is 2.13. The van der Waals surface area contributed by atoms with Crippen LogP contribution < -0.4 is 4.72 Å². The molecule has 0 aromatic carbocycles. The predicted octanol–water partition coefficient (Wildman–Crippen LogP) is 1.50. The zero-order chi connectivity index (χ0) is 13.3. The van der Waals surface area contributed by atoms with Crippen LogP contribution in [0.5, 0.6) is 0 Å². The molecule has 2 rings (SSSR count). The van der Waals surface area contributed by atoms with E-state index in [2.05, 4.69) is 16.6 Å². The van der Waals surface area contributed by atoms with Crippen molar-refractivity contribution in [2.75, 3.05) is 6.54 Å². The minimum Gasteiger partial charge on any atom is -0.302 e. The van der Waals surface area contributed by atoms with Crippen molar-refractivity contribution in [1.29, 1.82) is 0 Å². The molecule has 0 aliphatic rings. The predicted molar refractivity (Wildman–Crippen MR) is 70.2 cm³/mol. The maximum Gasteiger partial charge on any atom is 0.260 e. The molecule has 2 heterocycles. The molecule has 1 N–H and O–H groups in total. The minimum atomic E-state index is -3.52. The Bertz CT molecular complexity index is 674. The summed E-state index contributed by atoms with van der Waals surface area (Å²) in [6.45, 7) is 5.96. The van der Waals surface area contributed by atoms with E-state index in [1.54, 1.807) is 13.8 Å². The van der Waals surface area contributed by atoms with Gasteiger partial charge in [-0.15, -0.1) is 0 Å². The Morgan fingerprint density at radius 3 is 2.67 bits per heavy atom. The van der Waals surface area contributed by atoms with Crippen LogP contribution in [0.2, 0.25) is 0 Å². The van der Waals surface area contributed by atoms with Gasteiger partial charge < -0.3 is 4.40 Å². The summed E-state index contributed by atoms with van der Waals surface area (Å²) in [7, 11) is -3.52. The van der Waals surface area contributed by atoms with Crippen molar-refractivity contribution in [3.05, 3.63) is 29.7 Å². The first-order chi connectivity index (χ1) is 8.49. The van der Waals surface area contributed by atoms with Crippen LogP contribution in [0.15, 0.2) is 23.4 Å². The van der Waals surface area contributed by atoms with Crippen molar-refractivity contribution in [3.63, 3.8) is 0 Å². The van der Waals surface area contributed by atoms with E-state index in [1.807, 2.05) is 22.7 Å². The van der Waals surface area contributed by atoms with E-state index in [-0.39, 0.29) is 5.03 Å². The molecule has 0 aliphatic carbocycles. The molecular weight excluding hydrogens is 250 g/mol. The first-order valence-electron chi connectivity index (χ1n) is 5.96. The van der Waals surface area contributed by atoms with E-state index in [9.17, 15) is 8.42 Å². The number of nitrogens with one attached hydrogen (secondary N) is 1. The van der Waals surface area contributed by atoms with Crippen LogP contribution in [0.25, 0.3) is 5.52 Å². The molecule has 0 radical (unpaired) electrons. The Kier molecular flexibility index (Phi) is 3.41. The number of hydrogen-bond donors (Lipinski definition) is 1. The highest BCUT2D eigenvalue weighted by Gasteiger charge is 2.21. The summed E-state index contributed by atoms with van der Waals surface area (Å²) >= 11 is 0. The molecule has 2 aromatic heterocycles. The maximum absolute atomic E-state index is 12.0. The van der Waals surface area contributed by atoms with Gasteiger partial charge in [-0.2, -0.15) is 0 Å². The molecule has 0 fully saturated rings. The monoisotopic (exact) mass is 267 g/mol. The molecule has 0 aliphatic heterocycles. The third-order valence-corrected chi connectivity index (χ3v) is 4.32. The van der Waals surface area contributed by atoms with Gasteiger partial charge in [0.05, 0.1) is 5.52 Å². The molecule has 18 heavy (non-hydrogen) atoms. The van der Waals surface area contributed by atoms with Crippen LogP contribution in [0.1, 0.15) is 25.2 Å². The number of nitrogens with zero attached hydrogens (tertiary/aromatic N) is 2. The van der Waals surface area contributed by atoms with Crippen LogP contribution in [0.4, 0.5) is 0 Å². The van der Waals surface area contributed by atoms with E-state index in [0.29, 0.717) is 17.9 Å². The fraction of sp³-hybridized carbons (Fsp3) is 0.417. The lowest BCUT2D eigenvalue weighted by Crippen LogP contribution is -2.23. The van der Waals surface area contributed by atoms with Crippen molar-refractivity contribution in [2.45, 2.75) is 32.2 Å². The zero-order valence-corrected chi connectivity index (χ0v) is 11.6. The van der Waals surface area contributed by atoms with Gasteiger partial charge in [-0.1, -0.05) is 19.9 Å². The van der Waals surface area contributed by atoms with E-state index in [4.69, 9.17) is 0 Å². The molecule has 5 nitrogen and oxygen atoms in total. The third-order valence-electron chi connectivity index (χ3n) is 2.84. The number of aryl methyl sites for hydroxylation is 2. The highest BCUT2D eigenvalue weighted by molar-refractivity contribution is 7.89. The quantitative estimate of drug-likeness (QED) is 0.913. The van der Waals surface area contributed by atoms with Gasteiger partial charge in [-0.25, -0.2) is 18.1 Å². The summed E-state index contributed by atoms with van der Waals surface area (Å²) in [5, 5.41) is 0.101. The van der Waals surface area contributed by atoms with E-state index >= 15 is 0 Å². The van der Waals surface area contributed by atoms with Crippen molar-refractivity contribution < 1.29 is 8.42 Å². The molecular formula is C12H17N3O2S. The van der Waals surface area contributed by atoms with Crippen molar-refractivity contribution in [2.24, 2.45) is 0 Å². The second-order valence-electron chi connectivity index (χ2n) is 4.11. The van der Waals surface area contributed by atoms with Crippen LogP contribution >= 0.6 is 0 Å². The number of sulfonamides is 1. The number of imidazole rings is 1. The molecule has 6 heteroatoms. The number of pyridine rings is 1. The summed E-state index contributed by atoms with van der Waals surface area (Å²) in [4.78, 5) is 4.17. The number of fused-ring (bicyclic) bond motifs is 1. The SMILES string of the molecule is CCNS(=O)(=O)c1nc(C)n2cc(CC)ccc12. The number of rotatable bonds is 4. The molecule has 0 atom stereocenters. The van der Waals surface area contributed by atoms with Gasteiger partial charge >= 0.3 is 0 Å². The van der Waals surface area contributed by atoms with Crippen LogP contribution in [-0.2, 0) is 16.4 Å². The van der Waals surface area contributed by atoms with Crippen molar-refractivity contribution in [3.8, 4) is 0 Å². The summed E-state index contributed by atoms with van der Waals surface area (Å²) in [5.74, 6) is 0.678. The normalized spacial score (nSPS) is 12.2. The summed E-state index contributed by atoms with van der Waals surface area (Å²) in [6.07, 6.45) is 2.84. The average Bonchev–Trinajstić information content (AvgIpc) is 2.67. The first kappa shape index (κ1) is 13.0. The van der Waals surface area contributed by atoms with E-state index in [0.717, 1.165) is 12.0 Å². The highest BCUT2D eigenvalue weighted by atomic mass is 32.2. The highest BCUT2D eigenvalue weighted by Crippen LogP contribution is 2.19.